The fourth-order valence-corrected chi connectivity index (χ4v) is 10.6. The summed E-state index contributed by atoms with van der Waals surface area (Å²) in [5, 5.41) is 7.81. The minimum atomic E-state index is -0.537. The van der Waals surface area contributed by atoms with Crippen molar-refractivity contribution in [2.45, 2.75) is 5.41 Å². The Morgan fingerprint density at radius 2 is 0.853 bits per heavy atom. The van der Waals surface area contributed by atoms with Gasteiger partial charge in [0.2, 0.25) is 0 Å². The first-order valence-electron chi connectivity index (χ1n) is 23.2. The van der Waals surface area contributed by atoms with Crippen LogP contribution in [0, 0.1) is 0 Å². The summed E-state index contributed by atoms with van der Waals surface area (Å²) in [5.74, 6) is 0.672. The summed E-state index contributed by atoms with van der Waals surface area (Å²) in [5.41, 5.74) is 19.0. The minimum Gasteiger partial charge on any atom is -0.231 e. The first-order valence-corrected chi connectivity index (χ1v) is 23.2. The van der Waals surface area contributed by atoms with Gasteiger partial charge in [-0.15, -0.1) is 0 Å². The predicted octanol–water partition coefficient (Wildman–Crippen LogP) is 15.6. The van der Waals surface area contributed by atoms with E-state index in [2.05, 4.69) is 253 Å². The number of hydrogen-bond donors (Lipinski definition) is 0. The third-order valence-electron chi connectivity index (χ3n) is 13.7. The van der Waals surface area contributed by atoms with Gasteiger partial charge in [-0.05, 0) is 62.5 Å². The van der Waals surface area contributed by atoms with Crippen LogP contribution in [0.2, 0.25) is 0 Å². The second-order valence-corrected chi connectivity index (χ2v) is 17.5. The summed E-state index contributed by atoms with van der Waals surface area (Å²) in [6.07, 6.45) is 0. The molecule has 0 atom stereocenters. The van der Waals surface area contributed by atoms with E-state index < -0.39 is 5.41 Å². The van der Waals surface area contributed by atoms with Gasteiger partial charge in [-0.1, -0.05) is 237 Å². The third kappa shape index (κ3) is 6.34. The molecule has 0 aliphatic heterocycles. The van der Waals surface area contributed by atoms with Crippen molar-refractivity contribution in [3.8, 4) is 78.7 Å². The van der Waals surface area contributed by atoms with E-state index in [9.17, 15) is 0 Å². The maximum Gasteiger partial charge on any atom is 0.160 e. The quantitative estimate of drug-likeness (QED) is 0.153. The Morgan fingerprint density at radius 1 is 0.353 bits per heavy atom. The van der Waals surface area contributed by atoms with Gasteiger partial charge in [0.15, 0.2) is 5.82 Å². The van der Waals surface area contributed by atoms with Crippen LogP contribution in [-0.4, -0.2) is 19.6 Å². The summed E-state index contributed by atoms with van der Waals surface area (Å²) >= 11 is 0. The molecule has 0 fully saturated rings. The van der Waals surface area contributed by atoms with Crippen LogP contribution in [0.4, 0.5) is 0 Å². The second kappa shape index (κ2) is 16.2. The summed E-state index contributed by atoms with van der Waals surface area (Å²) in [4.78, 5) is 10.8. The lowest BCUT2D eigenvalue weighted by Crippen LogP contribution is -2.28. The number of hydrogen-bond acceptors (Lipinski definition) is 3. The molecule has 0 bridgehead atoms. The van der Waals surface area contributed by atoms with Crippen LogP contribution < -0.4 is 0 Å². The van der Waals surface area contributed by atoms with E-state index in [-0.39, 0.29) is 0 Å². The lowest BCUT2D eigenvalue weighted by atomic mass is 9.67. The summed E-state index contributed by atoms with van der Waals surface area (Å²) in [6.45, 7) is 0. The lowest BCUT2D eigenvalue weighted by Gasteiger charge is -2.34. The van der Waals surface area contributed by atoms with Crippen molar-refractivity contribution in [3.63, 3.8) is 0 Å². The number of aromatic nitrogens is 4. The Hall–Kier alpha value is -8.99. The largest absolute Gasteiger partial charge is 0.231 e. The number of rotatable bonds is 8. The van der Waals surface area contributed by atoms with Gasteiger partial charge >= 0.3 is 0 Å². The van der Waals surface area contributed by atoms with Crippen LogP contribution in [0.1, 0.15) is 22.3 Å². The second-order valence-electron chi connectivity index (χ2n) is 17.5. The van der Waals surface area contributed by atoms with Crippen molar-refractivity contribution in [1.29, 1.82) is 0 Å². The molecule has 318 valence electrons. The monoisotopic (exact) mass is 866 g/mol. The Kier molecular flexibility index (Phi) is 9.36. The van der Waals surface area contributed by atoms with Gasteiger partial charge in [0.25, 0.3) is 0 Å². The predicted molar refractivity (Wildman–Crippen MR) is 278 cm³/mol. The molecule has 1 aliphatic rings. The van der Waals surface area contributed by atoms with Gasteiger partial charge in [0, 0.05) is 38.8 Å². The number of pyridine rings is 1. The Balaban J connectivity index is 0.983. The van der Waals surface area contributed by atoms with Gasteiger partial charge in [-0.2, -0.15) is 5.10 Å². The first-order chi connectivity index (χ1) is 33.7. The molecular formula is C64H42N4. The van der Waals surface area contributed by atoms with Crippen LogP contribution in [0.3, 0.4) is 0 Å². The van der Waals surface area contributed by atoms with Gasteiger partial charge in [-0.3, -0.25) is 0 Å². The molecule has 0 spiro atoms. The van der Waals surface area contributed by atoms with Crippen molar-refractivity contribution in [1.82, 2.24) is 19.6 Å². The SMILES string of the molecule is c1ccc(-c2cc(-c3ccc(-c4nn5c(-c6ccccc6)cc6ccccc6c5c4-c4ccccc4)cc3)nc(-c3ccc4c(c3)C(c3ccccc3)(c3ccccc3)c3ccccc3-4)n2)cc1. The van der Waals surface area contributed by atoms with Gasteiger partial charge in [0.05, 0.1) is 28.0 Å². The normalized spacial score (nSPS) is 12.5. The summed E-state index contributed by atoms with van der Waals surface area (Å²) < 4.78 is 2.14. The molecule has 4 nitrogen and oxygen atoms in total. The highest BCUT2D eigenvalue weighted by Gasteiger charge is 2.46. The summed E-state index contributed by atoms with van der Waals surface area (Å²) in [6, 6.07) is 90.9. The highest BCUT2D eigenvalue weighted by molar-refractivity contribution is 6.08. The molecule has 3 aromatic heterocycles. The molecule has 0 saturated carbocycles. The Bertz CT molecular complexity index is 3770. The van der Waals surface area contributed by atoms with Crippen LogP contribution in [0.15, 0.2) is 255 Å². The number of benzene rings is 9. The van der Waals surface area contributed by atoms with Gasteiger partial charge < -0.3 is 0 Å². The molecule has 1 aliphatic carbocycles. The van der Waals surface area contributed by atoms with Gasteiger partial charge in [0.1, 0.15) is 5.69 Å². The maximum absolute atomic E-state index is 5.49. The molecule has 0 N–H and O–H groups in total. The first kappa shape index (κ1) is 39.4. The zero-order valence-electron chi connectivity index (χ0n) is 37.0. The topological polar surface area (TPSA) is 43.1 Å². The van der Waals surface area contributed by atoms with Crippen molar-refractivity contribution in [2.75, 3.05) is 0 Å². The van der Waals surface area contributed by atoms with Crippen molar-refractivity contribution in [3.05, 3.63) is 277 Å². The van der Waals surface area contributed by atoms with Crippen molar-refractivity contribution in [2.24, 2.45) is 0 Å². The third-order valence-corrected chi connectivity index (χ3v) is 13.7. The smallest absolute Gasteiger partial charge is 0.160 e. The summed E-state index contributed by atoms with van der Waals surface area (Å²) in [7, 11) is 0. The highest BCUT2D eigenvalue weighted by Crippen LogP contribution is 2.56. The Labute approximate surface area is 395 Å². The lowest BCUT2D eigenvalue weighted by molar-refractivity contribution is 0.768. The number of nitrogens with zero attached hydrogens (tertiary/aromatic N) is 4. The van der Waals surface area contributed by atoms with E-state index in [4.69, 9.17) is 15.1 Å². The molecular weight excluding hydrogens is 825 g/mol. The standard InChI is InChI=1S/C64H42N4/c1-6-20-43(21-7-1)57-42-58(66-63(65-57)49-38-39-54-53-32-18-19-33-55(53)64(56(54)40-49,50-27-12-4-13-28-50)51-29-14-5-15-30-51)44-34-36-47(37-35-44)61-60(46-24-10-3-11-25-46)62-52-31-17-16-26-48(52)41-59(68(62)67-61)45-22-8-2-9-23-45/h1-42H. The van der Waals surface area contributed by atoms with Crippen molar-refractivity contribution < 1.29 is 0 Å². The highest BCUT2D eigenvalue weighted by atomic mass is 15.2. The van der Waals surface area contributed by atoms with Crippen LogP contribution in [0.5, 0.6) is 0 Å². The molecule has 9 aromatic carbocycles. The van der Waals surface area contributed by atoms with E-state index in [1.807, 2.05) is 6.07 Å². The Morgan fingerprint density at radius 3 is 1.51 bits per heavy atom. The maximum atomic E-state index is 5.49. The van der Waals surface area contributed by atoms with E-state index in [0.29, 0.717) is 5.82 Å². The molecule has 0 amide bonds. The number of fused-ring (bicyclic) bond motifs is 6. The fourth-order valence-electron chi connectivity index (χ4n) is 10.6. The molecule has 0 unspecified atom stereocenters. The average Bonchev–Trinajstić information content (AvgIpc) is 3.97. The van der Waals surface area contributed by atoms with E-state index in [1.165, 1.54) is 38.8 Å². The molecule has 12 aromatic rings. The molecule has 13 rings (SSSR count). The molecule has 3 heterocycles. The fraction of sp³-hybridized carbons (Fsp3) is 0.0156. The van der Waals surface area contributed by atoms with Crippen molar-refractivity contribution >= 4 is 16.3 Å². The zero-order chi connectivity index (χ0) is 45.0. The molecule has 0 radical (unpaired) electrons. The van der Waals surface area contributed by atoms with E-state index in [0.717, 1.165) is 72.6 Å². The van der Waals surface area contributed by atoms with Gasteiger partial charge in [-0.25, -0.2) is 14.5 Å². The molecule has 4 heteroatoms. The average molecular weight is 867 g/mol. The van der Waals surface area contributed by atoms with Crippen LogP contribution in [-0.2, 0) is 5.41 Å². The zero-order valence-corrected chi connectivity index (χ0v) is 37.0. The molecule has 0 saturated heterocycles. The van der Waals surface area contributed by atoms with E-state index >= 15 is 0 Å². The van der Waals surface area contributed by atoms with Crippen LogP contribution >= 0.6 is 0 Å². The van der Waals surface area contributed by atoms with E-state index in [1.54, 1.807) is 0 Å². The van der Waals surface area contributed by atoms with Crippen LogP contribution in [0.25, 0.3) is 95.0 Å². The molecule has 68 heavy (non-hydrogen) atoms. The minimum absolute atomic E-state index is 0.537.